The summed E-state index contributed by atoms with van der Waals surface area (Å²) in [4.78, 5) is 0. The molecule has 1 aliphatic rings. The highest BCUT2D eigenvalue weighted by Crippen LogP contribution is 2.20. The van der Waals surface area contributed by atoms with Crippen LogP contribution in [-0.2, 0) is 0 Å². The van der Waals surface area contributed by atoms with Crippen molar-refractivity contribution in [1.29, 1.82) is 0 Å². The highest BCUT2D eigenvalue weighted by atomic mass is 16.3. The van der Waals surface area contributed by atoms with Crippen molar-refractivity contribution in [2.45, 2.75) is 25.3 Å². The molecule has 0 bridgehead atoms. The Morgan fingerprint density at radius 1 is 1.75 bits per heavy atom. The van der Waals surface area contributed by atoms with Crippen LogP contribution >= 0.6 is 0 Å². The van der Waals surface area contributed by atoms with Crippen molar-refractivity contribution in [2.75, 3.05) is 13.2 Å². The molecule has 1 aliphatic heterocycles. The Hall–Kier alpha value is -0.0800. The third kappa shape index (κ3) is 1.01. The predicted molar refractivity (Wildman–Crippen MR) is 32.7 cm³/mol. The lowest BCUT2D eigenvalue weighted by molar-refractivity contribution is 0.163. The van der Waals surface area contributed by atoms with Gasteiger partial charge in [0.2, 0.25) is 0 Å². The van der Waals surface area contributed by atoms with Crippen LogP contribution in [0.25, 0.3) is 0 Å². The van der Waals surface area contributed by atoms with E-state index in [0.29, 0.717) is 6.61 Å². The fourth-order valence-corrected chi connectivity index (χ4v) is 1.01. The first-order valence-electron chi connectivity index (χ1n) is 3.13. The van der Waals surface area contributed by atoms with Crippen LogP contribution in [-0.4, -0.2) is 23.8 Å². The minimum absolute atomic E-state index is 0.273. The van der Waals surface area contributed by atoms with Gasteiger partial charge in [-0.3, -0.25) is 0 Å². The standard InChI is InChI=1S/C6H13NO/c1-6(3-5-8)2-4-7-6/h7-8H,2-5H2,1H3. The van der Waals surface area contributed by atoms with Gasteiger partial charge >= 0.3 is 0 Å². The molecule has 2 N–H and O–H groups in total. The van der Waals surface area contributed by atoms with E-state index in [9.17, 15) is 0 Å². The van der Waals surface area contributed by atoms with Crippen LogP contribution in [0.1, 0.15) is 19.8 Å². The van der Waals surface area contributed by atoms with E-state index >= 15 is 0 Å². The maximum absolute atomic E-state index is 8.53. The second kappa shape index (κ2) is 2.03. The van der Waals surface area contributed by atoms with Gasteiger partial charge in [-0.1, -0.05) is 0 Å². The summed E-state index contributed by atoms with van der Waals surface area (Å²) in [6, 6.07) is 0. The normalized spacial score (nSPS) is 36.8. The summed E-state index contributed by atoms with van der Waals surface area (Å²) < 4.78 is 0. The molecule has 2 heteroatoms. The van der Waals surface area contributed by atoms with Crippen LogP contribution in [0, 0.1) is 0 Å². The highest BCUT2D eigenvalue weighted by Gasteiger charge is 2.29. The summed E-state index contributed by atoms with van der Waals surface area (Å²) in [5, 5.41) is 11.8. The van der Waals surface area contributed by atoms with E-state index in [-0.39, 0.29) is 5.54 Å². The average molecular weight is 115 g/mol. The van der Waals surface area contributed by atoms with Crippen molar-refractivity contribution in [2.24, 2.45) is 0 Å². The van der Waals surface area contributed by atoms with Crippen LogP contribution < -0.4 is 5.32 Å². The lowest BCUT2D eigenvalue weighted by Crippen LogP contribution is -2.54. The zero-order valence-electron chi connectivity index (χ0n) is 5.28. The molecule has 1 fully saturated rings. The summed E-state index contributed by atoms with van der Waals surface area (Å²) in [6.07, 6.45) is 2.11. The summed E-state index contributed by atoms with van der Waals surface area (Å²) in [7, 11) is 0. The molecule has 8 heavy (non-hydrogen) atoms. The van der Waals surface area contributed by atoms with Crippen LogP contribution in [0.4, 0.5) is 0 Å². The number of nitrogens with one attached hydrogen (secondary N) is 1. The SMILES string of the molecule is CC1(CCO)CCN1. The molecule has 1 saturated heterocycles. The minimum Gasteiger partial charge on any atom is -0.396 e. The smallest absolute Gasteiger partial charge is 0.0448 e. The van der Waals surface area contributed by atoms with Crippen molar-refractivity contribution in [3.63, 3.8) is 0 Å². The van der Waals surface area contributed by atoms with E-state index in [4.69, 9.17) is 5.11 Å². The Morgan fingerprint density at radius 3 is 2.50 bits per heavy atom. The summed E-state index contributed by atoms with van der Waals surface area (Å²) in [5.74, 6) is 0. The third-order valence-corrected chi connectivity index (χ3v) is 1.89. The predicted octanol–water partition coefficient (Wildman–Crippen LogP) is 0.121. The van der Waals surface area contributed by atoms with Crippen LogP contribution in [0.2, 0.25) is 0 Å². The van der Waals surface area contributed by atoms with E-state index in [1.165, 1.54) is 6.42 Å². The zero-order chi connectivity index (χ0) is 6.04. The molecule has 0 aromatic carbocycles. The van der Waals surface area contributed by atoms with E-state index in [2.05, 4.69) is 12.2 Å². The molecule has 0 aromatic rings. The number of aliphatic hydroxyl groups is 1. The Kier molecular flexibility index (Phi) is 1.54. The van der Waals surface area contributed by atoms with Crippen molar-refractivity contribution in [3.05, 3.63) is 0 Å². The first-order valence-corrected chi connectivity index (χ1v) is 3.13. The molecule has 1 unspecified atom stereocenters. The van der Waals surface area contributed by atoms with Crippen molar-refractivity contribution < 1.29 is 5.11 Å². The molecule has 1 atom stereocenters. The highest BCUT2D eigenvalue weighted by molar-refractivity contribution is 4.91. The monoisotopic (exact) mass is 115 g/mol. The second-order valence-electron chi connectivity index (χ2n) is 2.71. The summed E-state index contributed by atoms with van der Waals surface area (Å²) >= 11 is 0. The topological polar surface area (TPSA) is 32.3 Å². The lowest BCUT2D eigenvalue weighted by Gasteiger charge is -2.39. The van der Waals surface area contributed by atoms with Gasteiger partial charge in [-0.2, -0.15) is 0 Å². The minimum atomic E-state index is 0.273. The fourth-order valence-electron chi connectivity index (χ4n) is 1.01. The maximum Gasteiger partial charge on any atom is 0.0448 e. The van der Waals surface area contributed by atoms with Gasteiger partial charge < -0.3 is 10.4 Å². The van der Waals surface area contributed by atoms with Gasteiger partial charge in [0.25, 0.3) is 0 Å². The van der Waals surface area contributed by atoms with Gasteiger partial charge in [-0.05, 0) is 26.3 Å². The van der Waals surface area contributed by atoms with Crippen LogP contribution in [0.3, 0.4) is 0 Å². The molecule has 2 nitrogen and oxygen atoms in total. The molecule has 0 aliphatic carbocycles. The van der Waals surface area contributed by atoms with E-state index in [1.54, 1.807) is 0 Å². The summed E-state index contributed by atoms with van der Waals surface area (Å²) in [5.41, 5.74) is 0.273. The molecule has 0 saturated carbocycles. The Balaban J connectivity index is 2.20. The zero-order valence-corrected chi connectivity index (χ0v) is 5.28. The van der Waals surface area contributed by atoms with Crippen LogP contribution in [0.5, 0.6) is 0 Å². The lowest BCUT2D eigenvalue weighted by atomic mass is 9.87. The van der Waals surface area contributed by atoms with Crippen molar-refractivity contribution in [3.8, 4) is 0 Å². The molecule has 0 spiro atoms. The van der Waals surface area contributed by atoms with Gasteiger partial charge in [0.1, 0.15) is 0 Å². The number of hydrogen-bond acceptors (Lipinski definition) is 2. The largest absolute Gasteiger partial charge is 0.396 e. The average Bonchev–Trinajstić information content (AvgIpc) is 1.64. The second-order valence-corrected chi connectivity index (χ2v) is 2.71. The van der Waals surface area contributed by atoms with Gasteiger partial charge in [-0.15, -0.1) is 0 Å². The molecule has 1 rings (SSSR count). The molecule has 48 valence electrons. The van der Waals surface area contributed by atoms with Crippen molar-refractivity contribution in [1.82, 2.24) is 5.32 Å². The molecule has 0 radical (unpaired) electrons. The maximum atomic E-state index is 8.53. The molecule has 1 heterocycles. The molecule has 0 amide bonds. The number of hydrogen-bond donors (Lipinski definition) is 2. The Bertz CT molecular complexity index is 78.6. The van der Waals surface area contributed by atoms with E-state index < -0.39 is 0 Å². The van der Waals surface area contributed by atoms with Gasteiger partial charge in [0.15, 0.2) is 0 Å². The third-order valence-electron chi connectivity index (χ3n) is 1.89. The number of rotatable bonds is 2. The van der Waals surface area contributed by atoms with Gasteiger partial charge in [-0.25, -0.2) is 0 Å². The quantitative estimate of drug-likeness (QED) is 0.536. The first kappa shape index (κ1) is 6.05. The molecule has 0 aromatic heterocycles. The van der Waals surface area contributed by atoms with E-state index in [1.807, 2.05) is 0 Å². The fraction of sp³-hybridized carbons (Fsp3) is 1.00. The Morgan fingerprint density at radius 2 is 2.38 bits per heavy atom. The number of aliphatic hydroxyl groups excluding tert-OH is 1. The molecular weight excluding hydrogens is 102 g/mol. The first-order chi connectivity index (χ1) is 3.77. The van der Waals surface area contributed by atoms with E-state index in [0.717, 1.165) is 13.0 Å². The van der Waals surface area contributed by atoms with Crippen molar-refractivity contribution >= 4 is 0 Å². The van der Waals surface area contributed by atoms with Gasteiger partial charge in [0, 0.05) is 12.1 Å². The summed E-state index contributed by atoms with van der Waals surface area (Å²) in [6.45, 7) is 3.58. The van der Waals surface area contributed by atoms with Gasteiger partial charge in [0.05, 0.1) is 0 Å². The molecular formula is C6H13NO. The Labute approximate surface area is 49.9 Å². The van der Waals surface area contributed by atoms with Crippen LogP contribution in [0.15, 0.2) is 0 Å².